The van der Waals surface area contributed by atoms with E-state index in [1.807, 2.05) is 6.07 Å². The van der Waals surface area contributed by atoms with Crippen molar-refractivity contribution in [2.45, 2.75) is 37.9 Å². The SMILES string of the molecule is N#C[C@@H]1CCCN1C(=O)[C@@H]1Cc2ccc(O)cc2CN1. The summed E-state index contributed by atoms with van der Waals surface area (Å²) in [6.45, 7) is 1.25. The topological polar surface area (TPSA) is 76.4 Å². The van der Waals surface area contributed by atoms with Crippen LogP contribution in [0.5, 0.6) is 5.75 Å². The second-order valence-corrected chi connectivity index (χ2v) is 5.41. The molecule has 2 aliphatic heterocycles. The minimum atomic E-state index is -0.273. The van der Waals surface area contributed by atoms with Crippen LogP contribution in [0.4, 0.5) is 0 Å². The van der Waals surface area contributed by atoms with E-state index in [-0.39, 0.29) is 23.7 Å². The minimum absolute atomic E-state index is 0.0211. The molecule has 1 fully saturated rings. The van der Waals surface area contributed by atoms with Crippen molar-refractivity contribution in [1.82, 2.24) is 10.2 Å². The Kier molecular flexibility index (Phi) is 3.33. The molecule has 0 radical (unpaired) electrons. The van der Waals surface area contributed by atoms with Gasteiger partial charge in [0, 0.05) is 13.1 Å². The third-order valence-electron chi connectivity index (χ3n) is 4.14. The molecule has 2 atom stereocenters. The van der Waals surface area contributed by atoms with E-state index in [4.69, 9.17) is 5.26 Å². The highest BCUT2D eigenvalue weighted by atomic mass is 16.3. The molecule has 3 rings (SSSR count). The summed E-state index contributed by atoms with van der Waals surface area (Å²) >= 11 is 0. The van der Waals surface area contributed by atoms with Crippen molar-refractivity contribution in [3.8, 4) is 11.8 Å². The van der Waals surface area contributed by atoms with E-state index < -0.39 is 0 Å². The molecule has 1 aromatic rings. The average molecular weight is 271 g/mol. The van der Waals surface area contributed by atoms with Crippen LogP contribution < -0.4 is 5.32 Å². The number of phenolic OH excluding ortho intramolecular Hbond substituents is 1. The average Bonchev–Trinajstić information content (AvgIpc) is 2.94. The van der Waals surface area contributed by atoms with E-state index in [0.29, 0.717) is 19.5 Å². The number of nitrogens with zero attached hydrogens (tertiary/aromatic N) is 2. The smallest absolute Gasteiger partial charge is 0.241 e. The Morgan fingerprint density at radius 2 is 2.30 bits per heavy atom. The zero-order valence-corrected chi connectivity index (χ0v) is 11.2. The Hall–Kier alpha value is -2.06. The normalized spacial score (nSPS) is 25.1. The molecule has 0 spiro atoms. The van der Waals surface area contributed by atoms with Gasteiger partial charge in [0.25, 0.3) is 0 Å². The largest absolute Gasteiger partial charge is 0.508 e. The molecule has 0 bridgehead atoms. The van der Waals surface area contributed by atoms with Gasteiger partial charge in [-0.25, -0.2) is 0 Å². The summed E-state index contributed by atoms with van der Waals surface area (Å²) in [5, 5.41) is 21.8. The minimum Gasteiger partial charge on any atom is -0.508 e. The van der Waals surface area contributed by atoms with Gasteiger partial charge in [-0.1, -0.05) is 6.07 Å². The molecule has 5 nitrogen and oxygen atoms in total. The monoisotopic (exact) mass is 271 g/mol. The molecule has 0 unspecified atom stereocenters. The van der Waals surface area contributed by atoms with Gasteiger partial charge >= 0.3 is 0 Å². The third kappa shape index (κ3) is 2.23. The predicted octanol–water partition coefficient (Wildman–Crippen LogP) is 0.921. The number of hydrogen-bond acceptors (Lipinski definition) is 4. The number of phenols is 1. The van der Waals surface area contributed by atoms with Crippen LogP contribution in [0.25, 0.3) is 0 Å². The first kappa shape index (κ1) is 12.9. The highest BCUT2D eigenvalue weighted by Crippen LogP contribution is 2.24. The number of likely N-dealkylation sites (tertiary alicyclic amines) is 1. The summed E-state index contributed by atoms with van der Waals surface area (Å²) in [5.74, 6) is 0.271. The summed E-state index contributed by atoms with van der Waals surface area (Å²) in [4.78, 5) is 14.2. The fourth-order valence-corrected chi connectivity index (χ4v) is 3.04. The van der Waals surface area contributed by atoms with Gasteiger partial charge in [-0.15, -0.1) is 0 Å². The maximum Gasteiger partial charge on any atom is 0.241 e. The molecule has 104 valence electrons. The number of aromatic hydroxyl groups is 1. The third-order valence-corrected chi connectivity index (χ3v) is 4.14. The van der Waals surface area contributed by atoms with Crippen LogP contribution in [-0.2, 0) is 17.8 Å². The molecule has 0 aromatic heterocycles. The summed E-state index contributed by atoms with van der Waals surface area (Å²) in [6.07, 6.45) is 2.30. The van der Waals surface area contributed by atoms with Crippen molar-refractivity contribution < 1.29 is 9.90 Å². The maximum atomic E-state index is 12.5. The number of hydrogen-bond donors (Lipinski definition) is 2. The molecule has 2 aliphatic rings. The Labute approximate surface area is 117 Å². The van der Waals surface area contributed by atoms with E-state index in [1.165, 1.54) is 0 Å². The van der Waals surface area contributed by atoms with E-state index in [2.05, 4.69) is 11.4 Å². The van der Waals surface area contributed by atoms with E-state index >= 15 is 0 Å². The number of benzene rings is 1. The van der Waals surface area contributed by atoms with Crippen LogP contribution in [0.2, 0.25) is 0 Å². The van der Waals surface area contributed by atoms with Crippen molar-refractivity contribution in [1.29, 1.82) is 5.26 Å². The molecular weight excluding hydrogens is 254 g/mol. The predicted molar refractivity (Wildman–Crippen MR) is 72.8 cm³/mol. The van der Waals surface area contributed by atoms with Gasteiger partial charge in [-0.2, -0.15) is 5.26 Å². The fraction of sp³-hybridized carbons (Fsp3) is 0.467. The number of fused-ring (bicyclic) bond motifs is 1. The van der Waals surface area contributed by atoms with Crippen molar-refractivity contribution in [3.63, 3.8) is 0 Å². The lowest BCUT2D eigenvalue weighted by atomic mass is 9.95. The standard InChI is InChI=1S/C15H17N3O2/c16-8-12-2-1-5-18(12)15(20)14-7-10-3-4-13(19)6-11(10)9-17-14/h3-4,6,12,14,17,19H,1-2,5,7,9H2/t12-,14-/m0/s1. The van der Waals surface area contributed by atoms with E-state index in [9.17, 15) is 9.90 Å². The van der Waals surface area contributed by atoms with Gasteiger partial charge in [0.2, 0.25) is 5.91 Å². The molecule has 2 heterocycles. The van der Waals surface area contributed by atoms with Gasteiger partial charge in [-0.05, 0) is 42.5 Å². The summed E-state index contributed by atoms with van der Waals surface area (Å²) in [5.41, 5.74) is 2.12. The van der Waals surface area contributed by atoms with Crippen LogP contribution in [0.15, 0.2) is 18.2 Å². The molecule has 1 saturated heterocycles. The maximum absolute atomic E-state index is 12.5. The first-order valence-electron chi connectivity index (χ1n) is 6.93. The molecule has 0 saturated carbocycles. The number of amides is 1. The molecule has 2 N–H and O–H groups in total. The van der Waals surface area contributed by atoms with Crippen molar-refractivity contribution in [3.05, 3.63) is 29.3 Å². The fourth-order valence-electron chi connectivity index (χ4n) is 3.04. The van der Waals surface area contributed by atoms with Gasteiger partial charge in [0.15, 0.2) is 0 Å². The van der Waals surface area contributed by atoms with E-state index in [0.717, 1.165) is 24.0 Å². The second kappa shape index (κ2) is 5.14. The van der Waals surface area contributed by atoms with E-state index in [1.54, 1.807) is 17.0 Å². The lowest BCUT2D eigenvalue weighted by Gasteiger charge is -2.30. The highest BCUT2D eigenvalue weighted by molar-refractivity contribution is 5.83. The first-order valence-corrected chi connectivity index (χ1v) is 6.93. The number of nitriles is 1. The summed E-state index contributed by atoms with van der Waals surface area (Å²) in [7, 11) is 0. The molecule has 1 aromatic carbocycles. The number of carbonyl (C=O) groups excluding carboxylic acids is 1. The Balaban J connectivity index is 1.75. The van der Waals surface area contributed by atoms with Gasteiger partial charge < -0.3 is 15.3 Å². The van der Waals surface area contributed by atoms with Crippen LogP contribution in [-0.4, -0.2) is 34.5 Å². The zero-order valence-electron chi connectivity index (χ0n) is 11.2. The quantitative estimate of drug-likeness (QED) is 0.796. The number of rotatable bonds is 1. The molecule has 20 heavy (non-hydrogen) atoms. The second-order valence-electron chi connectivity index (χ2n) is 5.41. The Morgan fingerprint density at radius 3 is 3.10 bits per heavy atom. The van der Waals surface area contributed by atoms with Crippen molar-refractivity contribution in [2.24, 2.45) is 0 Å². The number of nitrogens with one attached hydrogen (secondary N) is 1. The highest BCUT2D eigenvalue weighted by Gasteiger charge is 2.34. The van der Waals surface area contributed by atoms with Crippen LogP contribution in [0, 0.1) is 11.3 Å². The van der Waals surface area contributed by atoms with Crippen LogP contribution in [0.3, 0.4) is 0 Å². The van der Waals surface area contributed by atoms with Gasteiger partial charge in [-0.3, -0.25) is 4.79 Å². The number of carbonyl (C=O) groups is 1. The Bertz CT molecular complexity index is 579. The zero-order chi connectivity index (χ0) is 14.1. The van der Waals surface area contributed by atoms with Crippen LogP contribution in [0.1, 0.15) is 24.0 Å². The van der Waals surface area contributed by atoms with Gasteiger partial charge in [0.05, 0.1) is 12.1 Å². The molecular formula is C15H17N3O2. The van der Waals surface area contributed by atoms with Gasteiger partial charge in [0.1, 0.15) is 11.8 Å². The molecule has 1 amide bonds. The lowest BCUT2D eigenvalue weighted by Crippen LogP contribution is -2.50. The molecule has 0 aliphatic carbocycles. The van der Waals surface area contributed by atoms with Crippen molar-refractivity contribution >= 4 is 5.91 Å². The summed E-state index contributed by atoms with van der Waals surface area (Å²) in [6, 6.07) is 6.93. The van der Waals surface area contributed by atoms with Crippen molar-refractivity contribution in [2.75, 3.05) is 6.54 Å². The lowest BCUT2D eigenvalue weighted by molar-refractivity contribution is -0.133. The first-order chi connectivity index (χ1) is 9.69. The Morgan fingerprint density at radius 1 is 1.45 bits per heavy atom. The summed E-state index contributed by atoms with van der Waals surface area (Å²) < 4.78 is 0. The van der Waals surface area contributed by atoms with Crippen LogP contribution >= 0.6 is 0 Å². The molecule has 5 heteroatoms.